The number of alkyl halides is 6. The molecule has 0 atom stereocenters. The first-order chi connectivity index (χ1) is 57.0. The minimum absolute atomic E-state index is 0.0485. The summed E-state index contributed by atoms with van der Waals surface area (Å²) in [7, 11) is 2.51. The second-order valence-corrected chi connectivity index (χ2v) is 32.3. The number of methoxy groups -OCH3 is 1. The van der Waals surface area contributed by atoms with Crippen LogP contribution in [0.5, 0.6) is 5.75 Å². The molecule has 6 N–H and O–H groups in total. The molecular formula is C87H84F6N18O6S2. The summed E-state index contributed by atoms with van der Waals surface area (Å²) in [5, 5.41) is 30.9. The predicted molar refractivity (Wildman–Crippen MR) is 446 cm³/mol. The molecule has 3 amide bonds. The number of hydrogen-bond acceptors (Lipinski definition) is 19. The number of sulfone groups is 1. The van der Waals surface area contributed by atoms with Crippen LogP contribution in [0.15, 0.2) is 174 Å². The summed E-state index contributed by atoms with van der Waals surface area (Å²) in [6.07, 6.45) is 8.99. The minimum atomic E-state index is -5.53. The number of halogens is 6. The number of aromatic nitrogens is 9. The summed E-state index contributed by atoms with van der Waals surface area (Å²) in [6, 6.07) is 35.5. The number of thioether (sulfide) groups is 1. The van der Waals surface area contributed by atoms with Crippen LogP contribution in [0.25, 0.3) is 32.7 Å². The van der Waals surface area contributed by atoms with Crippen molar-refractivity contribution in [3.63, 3.8) is 0 Å². The smallest absolute Gasteiger partial charge is 0.497 e. The Morgan fingerprint density at radius 3 is 1.13 bits per heavy atom. The second kappa shape index (κ2) is 37.5. The van der Waals surface area contributed by atoms with Gasteiger partial charge in [0.05, 0.1) is 45.2 Å². The zero-order valence-corrected chi connectivity index (χ0v) is 67.7. The Labute approximate surface area is 687 Å². The number of pyridine rings is 3. The Morgan fingerprint density at radius 1 is 0.437 bits per heavy atom. The van der Waals surface area contributed by atoms with Crippen molar-refractivity contribution in [2.45, 2.75) is 61.2 Å². The largest absolute Gasteiger partial charge is 0.501 e. The topological polar surface area (TPSA) is 275 Å². The SMILES string of the molecule is COc1ccc2n[nH]c(C#Cc3cncc(C(=O)Nc4ccc(CN5CCN(C)CC5)c(C)c4)c3)c2c1.Cc1cc(NC(=O)c2cncc(C#Cc3[nH]nc4ccc(S(=O)(=O)C(F)(F)F)cc34)c2)ccc1CN1CCN(C)CC1.Cc1cc(NC(=O)c2cncc(C#Cc3[nH]nc4ccc(SC(F)(F)F)cc34)c2)ccc1CN1CCN(C)CC1. The van der Waals surface area contributed by atoms with Gasteiger partial charge in [0.1, 0.15) is 22.8 Å². The molecule has 612 valence electrons. The van der Waals surface area contributed by atoms with Gasteiger partial charge in [-0.3, -0.25) is 59.3 Å². The lowest BCUT2D eigenvalue weighted by molar-refractivity contribution is -0.0436. The molecule has 0 unspecified atom stereocenters. The monoisotopic (exact) mass is 1650 g/mol. The van der Waals surface area contributed by atoms with Gasteiger partial charge in [-0.15, -0.1) is 0 Å². The zero-order chi connectivity index (χ0) is 84.1. The fourth-order valence-electron chi connectivity index (χ4n) is 13.4. The van der Waals surface area contributed by atoms with Crippen molar-refractivity contribution in [1.29, 1.82) is 0 Å². The van der Waals surface area contributed by atoms with Crippen LogP contribution in [0.4, 0.5) is 43.4 Å². The molecule has 15 rings (SSSR count). The highest BCUT2D eigenvalue weighted by atomic mass is 32.2. The summed E-state index contributed by atoms with van der Waals surface area (Å²) in [4.78, 5) is 64.7. The number of ether oxygens (including phenoxy) is 1. The van der Waals surface area contributed by atoms with Crippen LogP contribution in [0.1, 0.15) is 98.2 Å². The molecule has 32 heteroatoms. The van der Waals surface area contributed by atoms with Gasteiger partial charge in [0.2, 0.25) is 0 Å². The van der Waals surface area contributed by atoms with Crippen molar-refractivity contribution in [3.05, 3.63) is 248 Å². The Bertz CT molecular complexity index is 6070. The van der Waals surface area contributed by atoms with E-state index in [1.165, 1.54) is 71.8 Å². The number of rotatable bonds is 15. The summed E-state index contributed by atoms with van der Waals surface area (Å²) in [5.41, 5.74) is 4.59. The van der Waals surface area contributed by atoms with E-state index in [4.69, 9.17) is 4.74 Å². The Hall–Kier alpha value is -12.3. The molecule has 119 heavy (non-hydrogen) atoms. The molecule has 0 aliphatic carbocycles. The minimum Gasteiger partial charge on any atom is -0.497 e. The third-order valence-corrected chi connectivity index (χ3v) is 22.6. The zero-order valence-electron chi connectivity index (χ0n) is 66.1. The van der Waals surface area contributed by atoms with E-state index in [1.807, 2.05) is 74.5 Å². The van der Waals surface area contributed by atoms with Crippen LogP contribution in [-0.2, 0) is 29.5 Å². The number of nitrogens with one attached hydrogen (secondary N) is 6. The molecule has 0 saturated carbocycles. The maximum atomic E-state index is 13.0. The predicted octanol–water partition coefficient (Wildman–Crippen LogP) is 12.9. The third kappa shape index (κ3) is 22.3. The highest BCUT2D eigenvalue weighted by Crippen LogP contribution is 2.39. The quantitative estimate of drug-likeness (QED) is 0.0316. The summed E-state index contributed by atoms with van der Waals surface area (Å²) < 4.78 is 106. The maximum absolute atomic E-state index is 13.0. The molecule has 0 radical (unpaired) electrons. The van der Waals surface area contributed by atoms with E-state index in [1.54, 1.807) is 31.6 Å². The molecule has 3 aliphatic heterocycles. The van der Waals surface area contributed by atoms with Crippen molar-refractivity contribution in [2.24, 2.45) is 0 Å². The van der Waals surface area contributed by atoms with Crippen LogP contribution >= 0.6 is 11.8 Å². The highest BCUT2D eigenvalue weighted by Gasteiger charge is 2.47. The number of amides is 3. The molecular weight excluding hydrogens is 1570 g/mol. The van der Waals surface area contributed by atoms with E-state index in [9.17, 15) is 49.1 Å². The standard InChI is InChI=1S/C29H27F3N6O3S.C29H27F3N6OS.C29H30N6O2/c1-19-13-23(5-4-21(19)18-38-11-9-37(2)10-12-38)34-28(39)22-14-20(16-33-17-22)3-7-26-25-15-24(6-8-27(25)36-35-26)42(40,41)29(30,31)32;1-19-13-23(5-4-21(19)18-38-11-9-37(2)10-12-38)34-28(39)22-14-20(16-33-17-22)3-7-26-25-15-24(40-29(30,31)32)6-8-27(25)36-35-26;1-20-14-24(6-5-22(20)19-35-12-10-34(2)11-13-35)31-29(36)23-15-21(17-30-18-23)4-8-27-26-16-25(37-3)7-9-28(26)33-32-27/h4-6,8,13-17H,9-12,18H2,1-2H3,(H,34,39)(H,35,36);4-6,8,13-17H,9-12,18H2,1-2H3,(H,34,39)(H,35,36);5-7,9,14-18H,10-13,19H2,1-3H3,(H,31,36)(H,32,33). The van der Waals surface area contributed by atoms with Gasteiger partial charge in [-0.25, -0.2) is 8.42 Å². The number of nitrogens with zero attached hydrogens (tertiary/aromatic N) is 12. The van der Waals surface area contributed by atoms with E-state index >= 15 is 0 Å². The third-order valence-electron chi connectivity index (χ3n) is 20.4. The molecule has 9 heterocycles. The maximum Gasteiger partial charge on any atom is 0.501 e. The fourth-order valence-corrected chi connectivity index (χ4v) is 14.8. The normalized spacial score (nSPS) is 14.6. The van der Waals surface area contributed by atoms with Crippen LogP contribution in [-0.4, -0.2) is 219 Å². The molecule has 24 nitrogen and oxygen atoms in total. The first-order valence-corrected chi connectivity index (χ1v) is 40.2. The molecule has 12 aromatic rings. The Kier molecular flexibility index (Phi) is 26.7. The molecule has 3 fully saturated rings. The number of carbonyl (C=O) groups is 3. The molecule has 6 aromatic carbocycles. The molecule has 6 aromatic heterocycles. The number of anilines is 3. The van der Waals surface area contributed by atoms with E-state index in [2.05, 4.69) is 167 Å². The lowest BCUT2D eigenvalue weighted by Gasteiger charge is -2.32. The number of carbonyl (C=O) groups excluding carboxylic acids is 3. The van der Waals surface area contributed by atoms with Gasteiger partial charge in [0, 0.05) is 190 Å². The second-order valence-electron chi connectivity index (χ2n) is 29.2. The van der Waals surface area contributed by atoms with E-state index in [0.29, 0.717) is 61.5 Å². The average molecular weight is 1660 g/mol. The number of benzene rings is 6. The summed E-state index contributed by atoms with van der Waals surface area (Å²) >= 11 is -0.191. The number of likely N-dealkylation sites (N-methyl/N-ethyl adjacent to an activating group) is 3. The molecule has 0 bridgehead atoms. The van der Waals surface area contributed by atoms with Crippen molar-refractivity contribution in [3.8, 4) is 41.3 Å². The molecule has 3 aliphatic rings. The van der Waals surface area contributed by atoms with Gasteiger partial charge < -0.3 is 35.4 Å². The summed E-state index contributed by atoms with van der Waals surface area (Å²) in [5.74, 6) is 17.4. The summed E-state index contributed by atoms with van der Waals surface area (Å²) in [6.45, 7) is 21.4. The average Bonchev–Trinajstić information content (AvgIpc) is 1.75. The molecule has 3 saturated heterocycles. The Balaban J connectivity index is 0.000000155. The van der Waals surface area contributed by atoms with E-state index in [0.717, 1.165) is 149 Å². The van der Waals surface area contributed by atoms with E-state index in [-0.39, 0.29) is 56.5 Å². The first-order valence-electron chi connectivity index (χ1n) is 37.9. The van der Waals surface area contributed by atoms with Gasteiger partial charge in [-0.1, -0.05) is 36.0 Å². The Morgan fingerprint density at radius 2 is 0.782 bits per heavy atom. The highest BCUT2D eigenvalue weighted by molar-refractivity contribution is 8.00. The van der Waals surface area contributed by atoms with Crippen molar-refractivity contribution >= 4 is 89.1 Å². The van der Waals surface area contributed by atoms with Crippen LogP contribution in [0.2, 0.25) is 0 Å². The first kappa shape index (κ1) is 84.6. The van der Waals surface area contributed by atoms with Gasteiger partial charge in [-0.05, 0) is 214 Å². The number of aryl methyl sites for hydroxylation is 3. The van der Waals surface area contributed by atoms with Gasteiger partial charge in [0.15, 0.2) is 0 Å². The number of H-pyrrole nitrogens is 3. The van der Waals surface area contributed by atoms with Gasteiger partial charge >= 0.3 is 11.0 Å². The molecule has 0 spiro atoms. The van der Waals surface area contributed by atoms with Crippen molar-refractivity contribution in [2.75, 3.05) is 123 Å². The lowest BCUT2D eigenvalue weighted by Crippen LogP contribution is -2.43. The van der Waals surface area contributed by atoms with Crippen LogP contribution < -0.4 is 20.7 Å². The van der Waals surface area contributed by atoms with Crippen LogP contribution in [0, 0.1) is 56.3 Å². The van der Waals surface area contributed by atoms with Crippen LogP contribution in [0.3, 0.4) is 0 Å². The number of hydrogen-bond donors (Lipinski definition) is 6. The van der Waals surface area contributed by atoms with Gasteiger partial charge in [-0.2, -0.15) is 41.6 Å². The number of fused-ring (bicyclic) bond motifs is 3. The number of aromatic amines is 3. The van der Waals surface area contributed by atoms with Gasteiger partial charge in [0.25, 0.3) is 27.6 Å². The van der Waals surface area contributed by atoms with Crippen molar-refractivity contribution < 1.29 is 53.9 Å². The lowest BCUT2D eigenvalue weighted by atomic mass is 10.1. The number of piperazine rings is 3. The van der Waals surface area contributed by atoms with E-state index < -0.39 is 25.7 Å². The fraction of sp³-hybridized carbons (Fsp3) is 0.276. The van der Waals surface area contributed by atoms with Crippen molar-refractivity contribution in [1.82, 2.24) is 74.9 Å².